The molecule has 0 unspecified atom stereocenters. The molecule has 4 rings (SSSR count). The van der Waals surface area contributed by atoms with Crippen LogP contribution in [0.3, 0.4) is 0 Å². The predicted molar refractivity (Wildman–Crippen MR) is 101 cm³/mol. The summed E-state index contributed by atoms with van der Waals surface area (Å²) < 4.78 is 16.1. The van der Waals surface area contributed by atoms with Crippen molar-refractivity contribution in [3.05, 3.63) is 41.0 Å². The second-order valence-corrected chi connectivity index (χ2v) is 7.33. The van der Waals surface area contributed by atoms with Gasteiger partial charge in [0.2, 0.25) is 5.91 Å². The van der Waals surface area contributed by atoms with Crippen LogP contribution >= 0.6 is 11.3 Å². The summed E-state index contributed by atoms with van der Waals surface area (Å²) in [5.41, 5.74) is 1.69. The minimum atomic E-state index is -0.641. The van der Waals surface area contributed by atoms with Crippen LogP contribution in [0.25, 0.3) is 11.3 Å². The molecule has 0 atom stereocenters. The van der Waals surface area contributed by atoms with Crippen molar-refractivity contribution >= 4 is 22.4 Å². The summed E-state index contributed by atoms with van der Waals surface area (Å²) in [5.74, 6) is 1.72. The summed E-state index contributed by atoms with van der Waals surface area (Å²) in [7, 11) is 3.17. The van der Waals surface area contributed by atoms with Gasteiger partial charge in [-0.05, 0) is 38.0 Å². The summed E-state index contributed by atoms with van der Waals surface area (Å²) in [4.78, 5) is 17.1. The molecule has 1 aliphatic rings. The fraction of sp³-hybridized carbons (Fsp3) is 0.316. The second-order valence-electron chi connectivity index (χ2n) is 6.48. The lowest BCUT2D eigenvalue weighted by molar-refractivity contribution is -0.118. The number of aromatic nitrogens is 2. The molecule has 1 aromatic carbocycles. The zero-order chi connectivity index (χ0) is 19.0. The molecule has 0 radical (unpaired) electrons. The van der Waals surface area contributed by atoms with E-state index >= 15 is 0 Å². The van der Waals surface area contributed by atoms with Gasteiger partial charge in [0, 0.05) is 17.0 Å². The minimum Gasteiger partial charge on any atom is -0.493 e. The lowest BCUT2D eigenvalue weighted by Gasteiger charge is -2.10. The maximum absolute atomic E-state index is 12.8. The number of aryl methyl sites for hydroxylation is 1. The number of rotatable bonds is 6. The highest BCUT2D eigenvalue weighted by Crippen LogP contribution is 2.49. The van der Waals surface area contributed by atoms with E-state index in [0.717, 1.165) is 24.1 Å². The largest absolute Gasteiger partial charge is 0.493 e. The van der Waals surface area contributed by atoms with Crippen LogP contribution < -0.4 is 14.8 Å². The van der Waals surface area contributed by atoms with Crippen LogP contribution in [0.5, 0.6) is 11.5 Å². The first-order valence-electron chi connectivity index (χ1n) is 8.49. The number of hydrogen-bond acceptors (Lipinski definition) is 7. The van der Waals surface area contributed by atoms with Crippen molar-refractivity contribution in [2.45, 2.75) is 25.2 Å². The standard InChI is InChI=1S/C19H19N3O4S/c1-11-10-27-18(20-11)21-17(23)19(6-7-19)16-9-14(26-22-16)12-4-5-13(24-2)15(8-12)25-3/h4-5,8-10H,6-7H2,1-3H3,(H,20,21,23). The summed E-state index contributed by atoms with van der Waals surface area (Å²) in [5, 5.41) is 9.57. The number of ether oxygens (including phenoxy) is 2. The van der Waals surface area contributed by atoms with E-state index in [2.05, 4.69) is 15.5 Å². The molecule has 0 aliphatic heterocycles. The topological polar surface area (TPSA) is 86.5 Å². The van der Waals surface area contributed by atoms with E-state index < -0.39 is 5.41 Å². The Hall–Kier alpha value is -2.87. The molecule has 0 saturated heterocycles. The van der Waals surface area contributed by atoms with Crippen LogP contribution in [0.4, 0.5) is 5.13 Å². The van der Waals surface area contributed by atoms with E-state index in [1.807, 2.05) is 30.5 Å². The first-order valence-corrected chi connectivity index (χ1v) is 9.37. The first kappa shape index (κ1) is 17.5. The SMILES string of the molecule is COc1ccc(-c2cc(C3(C(=O)Nc4nc(C)cs4)CC3)no2)cc1OC. The van der Waals surface area contributed by atoms with Crippen LogP contribution in [0.15, 0.2) is 34.2 Å². The van der Waals surface area contributed by atoms with Gasteiger partial charge < -0.3 is 19.3 Å². The monoisotopic (exact) mass is 385 g/mol. The minimum absolute atomic E-state index is 0.0935. The van der Waals surface area contributed by atoms with E-state index in [1.54, 1.807) is 20.3 Å². The van der Waals surface area contributed by atoms with Gasteiger partial charge in [0.05, 0.1) is 31.0 Å². The molecule has 2 aromatic heterocycles. The zero-order valence-corrected chi connectivity index (χ0v) is 16.1. The van der Waals surface area contributed by atoms with Gasteiger partial charge in [0.1, 0.15) is 0 Å². The molecule has 1 aliphatic carbocycles. The van der Waals surface area contributed by atoms with Gasteiger partial charge in [-0.3, -0.25) is 4.79 Å². The third-order valence-corrected chi connectivity index (χ3v) is 5.57. The smallest absolute Gasteiger partial charge is 0.238 e. The molecular weight excluding hydrogens is 366 g/mol. The van der Waals surface area contributed by atoms with Crippen LogP contribution in [0, 0.1) is 6.92 Å². The van der Waals surface area contributed by atoms with Crippen molar-refractivity contribution in [1.82, 2.24) is 10.1 Å². The van der Waals surface area contributed by atoms with Crippen molar-refractivity contribution in [3.8, 4) is 22.8 Å². The van der Waals surface area contributed by atoms with Crippen molar-refractivity contribution < 1.29 is 18.8 Å². The number of benzene rings is 1. The highest BCUT2D eigenvalue weighted by atomic mass is 32.1. The van der Waals surface area contributed by atoms with Gasteiger partial charge >= 0.3 is 0 Å². The van der Waals surface area contributed by atoms with E-state index in [-0.39, 0.29) is 5.91 Å². The van der Waals surface area contributed by atoms with Crippen molar-refractivity contribution in [3.63, 3.8) is 0 Å². The molecule has 1 N–H and O–H groups in total. The van der Waals surface area contributed by atoms with Crippen LogP contribution in [0.1, 0.15) is 24.2 Å². The number of nitrogens with zero attached hydrogens (tertiary/aromatic N) is 2. The van der Waals surface area contributed by atoms with Gasteiger partial charge in [-0.2, -0.15) is 0 Å². The molecule has 7 nitrogen and oxygen atoms in total. The molecule has 2 heterocycles. The number of carbonyl (C=O) groups is 1. The number of anilines is 1. The number of nitrogens with one attached hydrogen (secondary N) is 1. The molecule has 1 saturated carbocycles. The predicted octanol–water partition coefficient (Wildman–Crippen LogP) is 3.79. The Kier molecular flexibility index (Phi) is 4.35. The maximum Gasteiger partial charge on any atom is 0.238 e. The third kappa shape index (κ3) is 3.16. The number of methoxy groups -OCH3 is 2. The highest BCUT2D eigenvalue weighted by molar-refractivity contribution is 7.13. The van der Waals surface area contributed by atoms with Crippen molar-refractivity contribution in [2.24, 2.45) is 0 Å². The number of thiazole rings is 1. The van der Waals surface area contributed by atoms with Crippen molar-refractivity contribution in [1.29, 1.82) is 0 Å². The van der Waals surface area contributed by atoms with E-state index in [1.165, 1.54) is 11.3 Å². The van der Waals surface area contributed by atoms with E-state index in [9.17, 15) is 4.79 Å². The lowest BCUT2D eigenvalue weighted by Crippen LogP contribution is -2.28. The number of carbonyl (C=O) groups excluding carboxylic acids is 1. The van der Waals surface area contributed by atoms with E-state index in [0.29, 0.717) is 28.1 Å². The van der Waals surface area contributed by atoms with Crippen LogP contribution in [-0.4, -0.2) is 30.3 Å². The Labute approximate surface area is 160 Å². The highest BCUT2D eigenvalue weighted by Gasteiger charge is 2.54. The summed E-state index contributed by atoms with van der Waals surface area (Å²) >= 11 is 1.41. The van der Waals surface area contributed by atoms with Crippen LogP contribution in [-0.2, 0) is 10.2 Å². The molecule has 0 bridgehead atoms. The fourth-order valence-electron chi connectivity index (χ4n) is 2.98. The molecule has 1 amide bonds. The number of hydrogen-bond donors (Lipinski definition) is 1. The van der Waals surface area contributed by atoms with E-state index in [4.69, 9.17) is 14.0 Å². The molecular formula is C19H19N3O4S. The van der Waals surface area contributed by atoms with Gasteiger partial charge in [0.25, 0.3) is 0 Å². The molecule has 8 heteroatoms. The summed E-state index contributed by atoms with van der Waals surface area (Å²) in [6, 6.07) is 7.31. The first-order chi connectivity index (χ1) is 13.1. The summed E-state index contributed by atoms with van der Waals surface area (Å²) in [6.45, 7) is 1.89. The zero-order valence-electron chi connectivity index (χ0n) is 15.2. The summed E-state index contributed by atoms with van der Waals surface area (Å²) in [6.07, 6.45) is 1.47. The second kappa shape index (κ2) is 6.70. The Morgan fingerprint density at radius 3 is 2.63 bits per heavy atom. The fourth-order valence-corrected chi connectivity index (χ4v) is 3.66. The van der Waals surface area contributed by atoms with Gasteiger partial charge in [-0.1, -0.05) is 5.16 Å². The average molecular weight is 385 g/mol. The van der Waals surface area contributed by atoms with Gasteiger partial charge in [-0.15, -0.1) is 11.3 Å². The van der Waals surface area contributed by atoms with Crippen molar-refractivity contribution in [2.75, 3.05) is 19.5 Å². The quantitative estimate of drug-likeness (QED) is 0.695. The van der Waals surface area contributed by atoms with Gasteiger partial charge in [0.15, 0.2) is 22.4 Å². The Bertz CT molecular complexity index is 991. The molecule has 3 aromatic rings. The Morgan fingerprint density at radius 1 is 1.22 bits per heavy atom. The average Bonchev–Trinajstić information content (AvgIpc) is 3.16. The Balaban J connectivity index is 1.58. The normalized spacial score (nSPS) is 14.6. The molecule has 1 fully saturated rings. The number of amides is 1. The third-order valence-electron chi connectivity index (χ3n) is 4.69. The molecule has 140 valence electrons. The molecule has 0 spiro atoms. The Morgan fingerprint density at radius 2 is 2.00 bits per heavy atom. The van der Waals surface area contributed by atoms with Crippen LogP contribution in [0.2, 0.25) is 0 Å². The van der Waals surface area contributed by atoms with Gasteiger partial charge in [-0.25, -0.2) is 4.98 Å². The molecule has 27 heavy (non-hydrogen) atoms. The lowest BCUT2D eigenvalue weighted by atomic mass is 10.0. The maximum atomic E-state index is 12.8.